The minimum absolute atomic E-state index is 0.0664. The van der Waals surface area contributed by atoms with Crippen molar-refractivity contribution in [2.45, 2.75) is 112 Å². The number of fused-ring (bicyclic) bond motifs is 2. The molecule has 4 heteroatoms. The fourth-order valence-corrected chi connectivity index (χ4v) is 10.5. The van der Waals surface area contributed by atoms with E-state index in [-0.39, 0.29) is 17.8 Å². The van der Waals surface area contributed by atoms with Gasteiger partial charge in [-0.15, -0.1) is 0 Å². The molecular weight excluding hydrogens is 448 g/mol. The standard InChI is InChI=1S/C32H50O4/c1-21(2)24-11-12-26-30(6)15-13-25(23(4)10-8-9-22(3)19-27(33)34)29(30,5)17-18-32(26)20-31(24,32)16-14-28(35)36-7/h9,23-26H,1,8,10-20H2,2-7H3,(H,33,34)/t23-,24+,25-,26+,29-,30+,31-,32+/m1/s1. The highest BCUT2D eigenvalue weighted by atomic mass is 16.5. The SMILES string of the molecule is C=C(C)[C@@H]1CC[C@@H]2[C@]3(CC[C@]4(C)[C@@H]([C@H](C)CCC=C(C)CC(=O)O)CC[C@@]24C)C[C@]13CCC(=O)OC. The first kappa shape index (κ1) is 27.5. The van der Waals surface area contributed by atoms with Gasteiger partial charge in [-0.2, -0.15) is 0 Å². The highest BCUT2D eigenvalue weighted by molar-refractivity contribution is 5.70. The molecule has 1 spiro atoms. The molecule has 0 unspecified atom stereocenters. The molecule has 0 saturated heterocycles. The summed E-state index contributed by atoms with van der Waals surface area (Å²) >= 11 is 0. The van der Waals surface area contributed by atoms with E-state index in [1.165, 1.54) is 57.6 Å². The van der Waals surface area contributed by atoms with Crippen molar-refractivity contribution in [3.8, 4) is 0 Å². The molecule has 4 saturated carbocycles. The molecule has 4 fully saturated rings. The number of hydrogen-bond acceptors (Lipinski definition) is 3. The Morgan fingerprint density at radius 1 is 1.11 bits per heavy atom. The van der Waals surface area contributed by atoms with Gasteiger partial charge in [0.15, 0.2) is 0 Å². The van der Waals surface area contributed by atoms with Crippen LogP contribution in [0.5, 0.6) is 0 Å². The molecule has 0 aliphatic heterocycles. The number of allylic oxidation sites excluding steroid dienone is 2. The summed E-state index contributed by atoms with van der Waals surface area (Å²) < 4.78 is 5.05. The monoisotopic (exact) mass is 498 g/mol. The van der Waals surface area contributed by atoms with E-state index in [1.54, 1.807) is 0 Å². The fraction of sp³-hybridized carbons (Fsp3) is 0.812. The number of methoxy groups -OCH3 is 1. The first-order chi connectivity index (χ1) is 16.9. The molecule has 0 heterocycles. The zero-order valence-corrected chi connectivity index (χ0v) is 23.8. The van der Waals surface area contributed by atoms with Gasteiger partial charge in [-0.25, -0.2) is 0 Å². The smallest absolute Gasteiger partial charge is 0.307 e. The summed E-state index contributed by atoms with van der Waals surface area (Å²) in [4.78, 5) is 23.2. The lowest BCUT2D eigenvalue weighted by atomic mass is 9.43. The summed E-state index contributed by atoms with van der Waals surface area (Å²) in [6.07, 6.45) is 15.0. The van der Waals surface area contributed by atoms with Gasteiger partial charge < -0.3 is 9.84 Å². The van der Waals surface area contributed by atoms with Crippen LogP contribution in [0.2, 0.25) is 0 Å². The third-order valence-electron chi connectivity index (χ3n) is 12.4. The summed E-state index contributed by atoms with van der Waals surface area (Å²) in [7, 11) is 1.51. The zero-order chi connectivity index (χ0) is 26.5. The summed E-state index contributed by atoms with van der Waals surface area (Å²) in [5.74, 6) is 1.86. The maximum absolute atomic E-state index is 12.2. The Bertz CT molecular complexity index is 934. The van der Waals surface area contributed by atoms with Gasteiger partial charge in [0.05, 0.1) is 13.5 Å². The van der Waals surface area contributed by atoms with E-state index in [0.717, 1.165) is 36.7 Å². The van der Waals surface area contributed by atoms with Crippen molar-refractivity contribution in [1.29, 1.82) is 0 Å². The molecule has 0 aromatic heterocycles. The third kappa shape index (κ3) is 4.09. The van der Waals surface area contributed by atoms with Gasteiger partial charge in [0.2, 0.25) is 0 Å². The van der Waals surface area contributed by atoms with Crippen molar-refractivity contribution >= 4 is 11.9 Å². The second-order valence-electron chi connectivity index (χ2n) is 13.7. The van der Waals surface area contributed by atoms with Gasteiger partial charge in [0.25, 0.3) is 0 Å². The zero-order valence-electron chi connectivity index (χ0n) is 23.8. The average Bonchev–Trinajstić information content (AvgIpc) is 3.39. The van der Waals surface area contributed by atoms with Crippen LogP contribution in [-0.2, 0) is 14.3 Å². The Morgan fingerprint density at radius 2 is 1.83 bits per heavy atom. The lowest BCUT2D eigenvalue weighted by Gasteiger charge is -2.61. The van der Waals surface area contributed by atoms with Crippen molar-refractivity contribution in [3.05, 3.63) is 23.8 Å². The molecule has 36 heavy (non-hydrogen) atoms. The lowest BCUT2D eigenvalue weighted by molar-refractivity contribution is -0.143. The van der Waals surface area contributed by atoms with E-state index in [0.29, 0.717) is 34.5 Å². The molecule has 202 valence electrons. The number of carbonyl (C=O) groups is 2. The highest BCUT2D eigenvalue weighted by Gasteiger charge is 2.80. The number of carboxylic acids is 1. The number of aliphatic carboxylic acids is 1. The van der Waals surface area contributed by atoms with Crippen LogP contribution in [0, 0.1) is 45.3 Å². The summed E-state index contributed by atoms with van der Waals surface area (Å²) in [6.45, 7) is 16.3. The van der Waals surface area contributed by atoms with Gasteiger partial charge in [0.1, 0.15) is 0 Å². The third-order valence-corrected chi connectivity index (χ3v) is 12.4. The van der Waals surface area contributed by atoms with Gasteiger partial charge in [0, 0.05) is 6.42 Å². The molecule has 0 bridgehead atoms. The van der Waals surface area contributed by atoms with Crippen molar-refractivity contribution in [3.63, 3.8) is 0 Å². The normalized spacial score (nSPS) is 42.1. The molecule has 4 aliphatic carbocycles. The minimum atomic E-state index is -0.740. The van der Waals surface area contributed by atoms with Gasteiger partial charge in [-0.3, -0.25) is 9.59 Å². The number of ether oxygens (including phenoxy) is 1. The maximum Gasteiger partial charge on any atom is 0.307 e. The Labute approximate surface area is 219 Å². The molecular formula is C32H50O4. The second kappa shape index (κ2) is 9.62. The van der Waals surface area contributed by atoms with Crippen LogP contribution < -0.4 is 0 Å². The second-order valence-corrected chi connectivity index (χ2v) is 13.7. The Morgan fingerprint density at radius 3 is 2.47 bits per heavy atom. The van der Waals surface area contributed by atoms with E-state index in [4.69, 9.17) is 9.84 Å². The van der Waals surface area contributed by atoms with E-state index in [2.05, 4.69) is 40.3 Å². The van der Waals surface area contributed by atoms with E-state index in [1.807, 2.05) is 6.92 Å². The van der Waals surface area contributed by atoms with Crippen LogP contribution in [0.4, 0.5) is 0 Å². The van der Waals surface area contributed by atoms with Crippen LogP contribution in [-0.4, -0.2) is 24.2 Å². The number of esters is 1. The molecule has 0 radical (unpaired) electrons. The van der Waals surface area contributed by atoms with Gasteiger partial charge >= 0.3 is 11.9 Å². The molecule has 0 amide bonds. The predicted octanol–water partition coefficient (Wildman–Crippen LogP) is 7.97. The number of hydrogen-bond donors (Lipinski definition) is 1. The van der Waals surface area contributed by atoms with E-state index in [9.17, 15) is 9.59 Å². The molecule has 0 aromatic carbocycles. The highest BCUT2D eigenvalue weighted by Crippen LogP contribution is 2.87. The fourth-order valence-electron chi connectivity index (χ4n) is 10.5. The van der Waals surface area contributed by atoms with E-state index < -0.39 is 5.97 Å². The van der Waals surface area contributed by atoms with Gasteiger partial charge in [-0.05, 0) is 123 Å². The van der Waals surface area contributed by atoms with Crippen molar-refractivity contribution in [2.24, 2.45) is 45.3 Å². The quantitative estimate of drug-likeness (QED) is 0.245. The Kier molecular flexibility index (Phi) is 7.34. The number of rotatable bonds is 10. The maximum atomic E-state index is 12.2. The Hall–Kier alpha value is -1.58. The first-order valence-electron chi connectivity index (χ1n) is 14.5. The van der Waals surface area contributed by atoms with Crippen LogP contribution >= 0.6 is 0 Å². The molecule has 0 aromatic rings. The molecule has 4 nitrogen and oxygen atoms in total. The van der Waals surface area contributed by atoms with Crippen molar-refractivity contribution in [2.75, 3.05) is 7.11 Å². The summed E-state index contributed by atoms with van der Waals surface area (Å²) in [6, 6.07) is 0. The first-order valence-corrected chi connectivity index (χ1v) is 14.5. The van der Waals surface area contributed by atoms with Crippen molar-refractivity contribution in [1.82, 2.24) is 0 Å². The molecule has 8 atom stereocenters. The van der Waals surface area contributed by atoms with E-state index >= 15 is 0 Å². The Balaban J connectivity index is 1.53. The summed E-state index contributed by atoms with van der Waals surface area (Å²) in [5.41, 5.74) is 3.63. The number of carboxylic acid groups (broad SMARTS) is 1. The minimum Gasteiger partial charge on any atom is -0.481 e. The largest absolute Gasteiger partial charge is 0.481 e. The molecule has 4 aliphatic rings. The van der Waals surface area contributed by atoms with Gasteiger partial charge in [-0.1, -0.05) is 44.6 Å². The lowest BCUT2D eigenvalue weighted by Crippen LogP contribution is -2.54. The predicted molar refractivity (Wildman–Crippen MR) is 144 cm³/mol. The molecule has 4 rings (SSSR count). The van der Waals surface area contributed by atoms with Crippen LogP contribution in [0.25, 0.3) is 0 Å². The number of carbonyl (C=O) groups excluding carboxylic acids is 1. The van der Waals surface area contributed by atoms with Crippen LogP contribution in [0.3, 0.4) is 0 Å². The van der Waals surface area contributed by atoms with Crippen molar-refractivity contribution < 1.29 is 19.4 Å². The molecule has 1 N–H and O–H groups in total. The topological polar surface area (TPSA) is 63.6 Å². The summed E-state index contributed by atoms with van der Waals surface area (Å²) in [5, 5.41) is 9.05. The average molecular weight is 499 g/mol. The van der Waals surface area contributed by atoms with Crippen LogP contribution in [0.1, 0.15) is 112 Å². The van der Waals surface area contributed by atoms with Crippen LogP contribution in [0.15, 0.2) is 23.8 Å².